The summed E-state index contributed by atoms with van der Waals surface area (Å²) in [6, 6.07) is 0. The monoisotopic (exact) mass is 259 g/mol. The lowest BCUT2D eigenvalue weighted by molar-refractivity contribution is 0.0648. The van der Waals surface area contributed by atoms with E-state index in [1.807, 2.05) is 6.92 Å². The van der Waals surface area contributed by atoms with Crippen molar-refractivity contribution in [3.8, 4) is 0 Å². The van der Waals surface area contributed by atoms with E-state index in [-0.39, 0.29) is 24.3 Å². The third-order valence-electron chi connectivity index (χ3n) is 2.99. The summed E-state index contributed by atoms with van der Waals surface area (Å²) in [6.45, 7) is 2.76. The molecule has 0 amide bonds. The van der Waals surface area contributed by atoms with Gasteiger partial charge >= 0.3 is 0 Å². The van der Waals surface area contributed by atoms with E-state index in [4.69, 9.17) is 0 Å². The van der Waals surface area contributed by atoms with E-state index in [9.17, 15) is 13.5 Å². The van der Waals surface area contributed by atoms with E-state index in [0.29, 0.717) is 5.82 Å². The SMILES string of the molecule is CCCn1ncnc1CC1(O)CCS(=O)(=O)C1. The predicted octanol–water partition coefficient (Wildman–Crippen LogP) is -0.220. The molecule has 0 aliphatic carbocycles. The molecule has 1 fully saturated rings. The zero-order valence-electron chi connectivity index (χ0n) is 9.83. The first-order chi connectivity index (χ1) is 7.94. The van der Waals surface area contributed by atoms with E-state index in [2.05, 4.69) is 10.1 Å². The van der Waals surface area contributed by atoms with Crippen LogP contribution in [-0.4, -0.2) is 45.4 Å². The zero-order valence-corrected chi connectivity index (χ0v) is 10.7. The molecule has 1 aliphatic heterocycles. The molecule has 0 radical (unpaired) electrons. The Morgan fingerprint density at radius 3 is 2.94 bits per heavy atom. The molecule has 0 spiro atoms. The van der Waals surface area contributed by atoms with Crippen LogP contribution in [0.15, 0.2) is 6.33 Å². The van der Waals surface area contributed by atoms with Crippen LogP contribution in [0.1, 0.15) is 25.6 Å². The van der Waals surface area contributed by atoms with Crippen molar-refractivity contribution in [2.75, 3.05) is 11.5 Å². The maximum absolute atomic E-state index is 11.4. The molecule has 1 aliphatic rings. The van der Waals surface area contributed by atoms with E-state index in [1.54, 1.807) is 4.68 Å². The highest BCUT2D eigenvalue weighted by Crippen LogP contribution is 2.26. The van der Waals surface area contributed by atoms with Crippen LogP contribution in [-0.2, 0) is 22.8 Å². The van der Waals surface area contributed by atoms with Crippen LogP contribution in [0, 0.1) is 0 Å². The summed E-state index contributed by atoms with van der Waals surface area (Å²) in [5.74, 6) is 0.552. The molecule has 2 heterocycles. The van der Waals surface area contributed by atoms with Gasteiger partial charge in [-0.25, -0.2) is 13.4 Å². The Morgan fingerprint density at radius 1 is 1.59 bits per heavy atom. The Labute approximate surface area is 101 Å². The smallest absolute Gasteiger partial charge is 0.153 e. The van der Waals surface area contributed by atoms with Gasteiger partial charge in [-0.3, -0.25) is 4.68 Å². The second-order valence-electron chi connectivity index (χ2n) is 4.64. The van der Waals surface area contributed by atoms with Gasteiger partial charge in [0.1, 0.15) is 12.2 Å². The molecule has 1 N–H and O–H groups in total. The molecular formula is C10H17N3O3S. The molecule has 0 aromatic carbocycles. The fourth-order valence-corrected chi connectivity index (χ4v) is 4.06. The molecule has 1 aromatic heterocycles. The van der Waals surface area contributed by atoms with Gasteiger partial charge in [0, 0.05) is 13.0 Å². The Balaban J connectivity index is 2.13. The number of hydrogen-bond donors (Lipinski definition) is 1. The van der Waals surface area contributed by atoms with Gasteiger partial charge in [-0.2, -0.15) is 5.10 Å². The molecule has 96 valence electrons. The number of aliphatic hydroxyl groups is 1. The first-order valence-corrected chi connectivity index (χ1v) is 7.56. The van der Waals surface area contributed by atoms with Crippen LogP contribution in [0.2, 0.25) is 0 Å². The summed E-state index contributed by atoms with van der Waals surface area (Å²) < 4.78 is 24.5. The first kappa shape index (κ1) is 12.5. The Kier molecular flexibility index (Phi) is 3.22. The summed E-state index contributed by atoms with van der Waals surface area (Å²) in [5, 5.41) is 14.3. The predicted molar refractivity (Wildman–Crippen MR) is 62.2 cm³/mol. The second kappa shape index (κ2) is 4.38. The van der Waals surface area contributed by atoms with Crippen molar-refractivity contribution in [1.29, 1.82) is 0 Å². The van der Waals surface area contributed by atoms with Crippen molar-refractivity contribution in [3.05, 3.63) is 12.2 Å². The molecular weight excluding hydrogens is 242 g/mol. The van der Waals surface area contributed by atoms with Gasteiger partial charge in [0.2, 0.25) is 0 Å². The lowest BCUT2D eigenvalue weighted by atomic mass is 9.99. The summed E-state index contributed by atoms with van der Waals surface area (Å²) in [5.41, 5.74) is -1.17. The maximum atomic E-state index is 11.4. The molecule has 1 atom stereocenters. The minimum Gasteiger partial charge on any atom is -0.388 e. The Bertz CT molecular complexity index is 497. The lowest BCUT2D eigenvalue weighted by Crippen LogP contribution is -2.34. The number of aryl methyl sites for hydroxylation is 1. The van der Waals surface area contributed by atoms with Crippen molar-refractivity contribution in [2.45, 2.75) is 38.3 Å². The van der Waals surface area contributed by atoms with Gasteiger partial charge in [-0.05, 0) is 12.8 Å². The second-order valence-corrected chi connectivity index (χ2v) is 6.83. The van der Waals surface area contributed by atoms with Crippen LogP contribution in [0.3, 0.4) is 0 Å². The minimum absolute atomic E-state index is 0.0609. The quantitative estimate of drug-likeness (QED) is 0.808. The molecule has 17 heavy (non-hydrogen) atoms. The average molecular weight is 259 g/mol. The number of rotatable bonds is 4. The number of hydrogen-bond acceptors (Lipinski definition) is 5. The first-order valence-electron chi connectivity index (χ1n) is 5.74. The molecule has 2 rings (SSSR count). The van der Waals surface area contributed by atoms with E-state index in [1.165, 1.54) is 6.33 Å². The molecule has 1 saturated heterocycles. The standard InChI is InChI=1S/C10H17N3O3S/c1-2-4-13-9(11-8-12-13)6-10(14)3-5-17(15,16)7-10/h8,14H,2-7H2,1H3. The normalized spacial score (nSPS) is 27.4. The summed E-state index contributed by atoms with van der Waals surface area (Å²) in [7, 11) is -3.09. The fraction of sp³-hybridized carbons (Fsp3) is 0.800. The van der Waals surface area contributed by atoms with Gasteiger partial charge in [0.25, 0.3) is 0 Å². The van der Waals surface area contributed by atoms with Gasteiger partial charge in [0.15, 0.2) is 9.84 Å². The van der Waals surface area contributed by atoms with Gasteiger partial charge < -0.3 is 5.11 Å². The van der Waals surface area contributed by atoms with Crippen LogP contribution in [0.5, 0.6) is 0 Å². The van der Waals surface area contributed by atoms with Crippen molar-refractivity contribution in [2.24, 2.45) is 0 Å². The highest BCUT2D eigenvalue weighted by atomic mass is 32.2. The molecule has 6 nitrogen and oxygen atoms in total. The van der Waals surface area contributed by atoms with Crippen LogP contribution in [0.25, 0.3) is 0 Å². The minimum atomic E-state index is -3.09. The van der Waals surface area contributed by atoms with Crippen molar-refractivity contribution >= 4 is 9.84 Å². The molecule has 0 saturated carbocycles. The zero-order chi connectivity index (χ0) is 12.5. The van der Waals surface area contributed by atoms with E-state index in [0.717, 1.165) is 13.0 Å². The van der Waals surface area contributed by atoms with E-state index >= 15 is 0 Å². The lowest BCUT2D eigenvalue weighted by Gasteiger charge is -2.19. The molecule has 1 aromatic rings. The van der Waals surface area contributed by atoms with Crippen LogP contribution in [0.4, 0.5) is 0 Å². The molecule has 0 bridgehead atoms. The van der Waals surface area contributed by atoms with Crippen LogP contribution < -0.4 is 0 Å². The summed E-state index contributed by atoms with van der Waals surface area (Å²) in [4.78, 5) is 4.09. The highest BCUT2D eigenvalue weighted by molar-refractivity contribution is 7.91. The third-order valence-corrected chi connectivity index (χ3v) is 4.79. The summed E-state index contributed by atoms with van der Waals surface area (Å²) in [6.07, 6.45) is 2.91. The topological polar surface area (TPSA) is 85.1 Å². The molecule has 7 heteroatoms. The maximum Gasteiger partial charge on any atom is 0.153 e. The summed E-state index contributed by atoms with van der Waals surface area (Å²) >= 11 is 0. The van der Waals surface area contributed by atoms with Crippen molar-refractivity contribution in [3.63, 3.8) is 0 Å². The van der Waals surface area contributed by atoms with Gasteiger partial charge in [-0.1, -0.05) is 6.92 Å². The average Bonchev–Trinajstić information content (AvgIpc) is 2.73. The Morgan fingerprint density at radius 2 is 2.35 bits per heavy atom. The van der Waals surface area contributed by atoms with Gasteiger partial charge in [0.05, 0.1) is 17.1 Å². The fourth-order valence-electron chi connectivity index (χ4n) is 2.16. The van der Waals surface area contributed by atoms with Gasteiger partial charge in [-0.15, -0.1) is 0 Å². The van der Waals surface area contributed by atoms with Crippen molar-refractivity contribution in [1.82, 2.24) is 14.8 Å². The highest BCUT2D eigenvalue weighted by Gasteiger charge is 2.41. The van der Waals surface area contributed by atoms with Crippen LogP contribution >= 0.6 is 0 Å². The third kappa shape index (κ3) is 2.84. The number of aromatic nitrogens is 3. The van der Waals surface area contributed by atoms with Crippen molar-refractivity contribution < 1.29 is 13.5 Å². The molecule has 1 unspecified atom stereocenters. The number of sulfone groups is 1. The Hall–Kier alpha value is -0.950. The van der Waals surface area contributed by atoms with E-state index < -0.39 is 15.4 Å². The largest absolute Gasteiger partial charge is 0.388 e. The number of nitrogens with zero attached hydrogens (tertiary/aromatic N) is 3.